The van der Waals surface area contributed by atoms with Crippen LogP contribution in [0.1, 0.15) is 40.0 Å². The highest BCUT2D eigenvalue weighted by atomic mass is 32.2. The van der Waals surface area contributed by atoms with E-state index >= 15 is 0 Å². The van der Waals surface area contributed by atoms with E-state index in [9.17, 15) is 13.2 Å². The van der Waals surface area contributed by atoms with Gasteiger partial charge in [0.25, 0.3) is 10.2 Å². The zero-order valence-electron chi connectivity index (χ0n) is 11.1. The van der Waals surface area contributed by atoms with Crippen LogP contribution >= 0.6 is 0 Å². The van der Waals surface area contributed by atoms with Crippen molar-refractivity contribution in [1.82, 2.24) is 9.03 Å². The summed E-state index contributed by atoms with van der Waals surface area (Å²) < 4.78 is 27.9. The predicted molar refractivity (Wildman–Crippen MR) is 68.3 cm³/mol. The Bertz CT molecular complexity index is 396. The topological polar surface area (TPSA) is 86.7 Å². The zero-order valence-corrected chi connectivity index (χ0v) is 11.9. The fourth-order valence-corrected chi connectivity index (χ4v) is 3.88. The maximum Gasteiger partial charge on any atom is 0.322 e. The van der Waals surface area contributed by atoms with E-state index in [4.69, 9.17) is 5.11 Å². The molecule has 0 aliphatic carbocycles. The molecule has 1 rings (SSSR count). The quantitative estimate of drug-likeness (QED) is 0.752. The van der Waals surface area contributed by atoms with Crippen LogP contribution in [0.4, 0.5) is 0 Å². The monoisotopic (exact) mass is 278 g/mol. The SMILES string of the molecule is CC[C@H](C)[C@H](NS(=O)(=O)N1CCCC1C)C(=O)O. The summed E-state index contributed by atoms with van der Waals surface area (Å²) in [6.07, 6.45) is 2.25. The molecule has 0 aromatic heterocycles. The Morgan fingerprint density at radius 3 is 2.56 bits per heavy atom. The summed E-state index contributed by atoms with van der Waals surface area (Å²) in [7, 11) is -3.71. The summed E-state index contributed by atoms with van der Waals surface area (Å²) in [4.78, 5) is 11.1. The molecule has 1 fully saturated rings. The van der Waals surface area contributed by atoms with Crippen molar-refractivity contribution in [2.24, 2.45) is 5.92 Å². The molecule has 1 unspecified atom stereocenters. The summed E-state index contributed by atoms with van der Waals surface area (Å²) in [5.74, 6) is -1.37. The fourth-order valence-electron chi connectivity index (χ4n) is 2.14. The van der Waals surface area contributed by atoms with Crippen molar-refractivity contribution in [2.45, 2.75) is 52.1 Å². The number of aliphatic carboxylic acids is 1. The van der Waals surface area contributed by atoms with E-state index in [1.54, 1.807) is 6.92 Å². The van der Waals surface area contributed by atoms with Crippen molar-refractivity contribution >= 4 is 16.2 Å². The Morgan fingerprint density at radius 2 is 2.17 bits per heavy atom. The first kappa shape index (κ1) is 15.4. The predicted octanol–water partition coefficient (Wildman–Crippen LogP) is 0.804. The summed E-state index contributed by atoms with van der Waals surface area (Å²) in [5, 5.41) is 9.10. The molecule has 1 heterocycles. The number of carboxylic acids is 1. The van der Waals surface area contributed by atoms with Gasteiger partial charge >= 0.3 is 5.97 Å². The number of nitrogens with one attached hydrogen (secondary N) is 1. The molecule has 0 aromatic carbocycles. The van der Waals surface area contributed by atoms with E-state index in [1.165, 1.54) is 4.31 Å². The molecule has 1 saturated heterocycles. The average molecular weight is 278 g/mol. The molecule has 0 aromatic rings. The first-order valence-corrected chi connectivity index (χ1v) is 7.75. The fraction of sp³-hybridized carbons (Fsp3) is 0.909. The van der Waals surface area contributed by atoms with Crippen LogP contribution in [0, 0.1) is 5.92 Å². The zero-order chi connectivity index (χ0) is 13.9. The lowest BCUT2D eigenvalue weighted by atomic mass is 10.0. The van der Waals surface area contributed by atoms with Crippen LogP contribution < -0.4 is 4.72 Å². The Labute approximate surface area is 109 Å². The molecule has 2 N–H and O–H groups in total. The Kier molecular flexibility index (Phi) is 5.12. The average Bonchev–Trinajstić information content (AvgIpc) is 2.72. The third-order valence-corrected chi connectivity index (χ3v) is 5.27. The molecular formula is C11H22N2O4S. The Morgan fingerprint density at radius 1 is 1.56 bits per heavy atom. The Hall–Kier alpha value is -0.660. The molecule has 18 heavy (non-hydrogen) atoms. The third-order valence-electron chi connectivity index (χ3n) is 3.56. The number of hydrogen-bond donors (Lipinski definition) is 2. The van der Waals surface area contributed by atoms with Gasteiger partial charge in [0.1, 0.15) is 6.04 Å². The van der Waals surface area contributed by atoms with E-state index in [2.05, 4.69) is 4.72 Å². The van der Waals surface area contributed by atoms with Crippen molar-refractivity contribution in [1.29, 1.82) is 0 Å². The molecule has 0 bridgehead atoms. The second kappa shape index (κ2) is 5.99. The van der Waals surface area contributed by atoms with Crippen molar-refractivity contribution in [3.05, 3.63) is 0 Å². The van der Waals surface area contributed by atoms with Crippen LogP contribution in [0.3, 0.4) is 0 Å². The van der Waals surface area contributed by atoms with Crippen LogP contribution in [0.5, 0.6) is 0 Å². The van der Waals surface area contributed by atoms with Gasteiger partial charge in [0.05, 0.1) is 0 Å². The molecule has 106 valence electrons. The number of carboxylic acid groups (broad SMARTS) is 1. The molecule has 7 heteroatoms. The lowest BCUT2D eigenvalue weighted by Gasteiger charge is -2.26. The van der Waals surface area contributed by atoms with Crippen LogP contribution in [0.15, 0.2) is 0 Å². The highest BCUT2D eigenvalue weighted by Gasteiger charge is 2.36. The van der Waals surface area contributed by atoms with Gasteiger partial charge in [-0.25, -0.2) is 0 Å². The summed E-state index contributed by atoms with van der Waals surface area (Å²) >= 11 is 0. The van der Waals surface area contributed by atoms with Crippen LogP contribution in [-0.4, -0.2) is 42.4 Å². The normalized spacial score (nSPS) is 24.9. The number of nitrogens with zero attached hydrogens (tertiary/aromatic N) is 1. The van der Waals surface area contributed by atoms with Gasteiger partial charge in [-0.1, -0.05) is 20.3 Å². The number of carbonyl (C=O) groups is 1. The van der Waals surface area contributed by atoms with E-state index in [0.717, 1.165) is 12.8 Å². The Balaban J connectivity index is 2.82. The lowest BCUT2D eigenvalue weighted by Crippen LogP contribution is -2.51. The van der Waals surface area contributed by atoms with Gasteiger partial charge in [-0.05, 0) is 25.7 Å². The van der Waals surface area contributed by atoms with Crippen molar-refractivity contribution in [3.63, 3.8) is 0 Å². The molecule has 0 amide bonds. The third kappa shape index (κ3) is 3.43. The van der Waals surface area contributed by atoms with Gasteiger partial charge < -0.3 is 5.11 Å². The maximum absolute atomic E-state index is 12.1. The minimum atomic E-state index is -3.71. The van der Waals surface area contributed by atoms with E-state index in [-0.39, 0.29) is 12.0 Å². The summed E-state index contributed by atoms with van der Waals surface area (Å²) in [6, 6.07) is -1.12. The van der Waals surface area contributed by atoms with Crippen LogP contribution in [0.25, 0.3) is 0 Å². The molecule has 6 nitrogen and oxygen atoms in total. The number of rotatable bonds is 6. The second-order valence-corrected chi connectivity index (χ2v) is 6.58. The molecule has 0 radical (unpaired) electrons. The largest absolute Gasteiger partial charge is 0.480 e. The van der Waals surface area contributed by atoms with Gasteiger partial charge in [0.15, 0.2) is 0 Å². The minimum Gasteiger partial charge on any atom is -0.480 e. The number of hydrogen-bond acceptors (Lipinski definition) is 3. The molecule has 3 atom stereocenters. The van der Waals surface area contributed by atoms with Gasteiger partial charge in [-0.15, -0.1) is 0 Å². The van der Waals surface area contributed by atoms with Crippen molar-refractivity contribution in [2.75, 3.05) is 6.54 Å². The first-order chi connectivity index (χ1) is 8.29. The smallest absolute Gasteiger partial charge is 0.322 e. The van der Waals surface area contributed by atoms with Crippen molar-refractivity contribution in [3.8, 4) is 0 Å². The van der Waals surface area contributed by atoms with E-state index in [1.807, 2.05) is 13.8 Å². The van der Waals surface area contributed by atoms with E-state index < -0.39 is 22.2 Å². The lowest BCUT2D eigenvalue weighted by molar-refractivity contribution is -0.140. The maximum atomic E-state index is 12.1. The van der Waals surface area contributed by atoms with Gasteiger partial charge in [0, 0.05) is 12.6 Å². The van der Waals surface area contributed by atoms with Crippen molar-refractivity contribution < 1.29 is 18.3 Å². The minimum absolute atomic E-state index is 0.0612. The second-order valence-electron chi connectivity index (χ2n) is 4.93. The molecule has 1 aliphatic rings. The van der Waals surface area contributed by atoms with Gasteiger partial charge in [0.2, 0.25) is 0 Å². The molecule has 0 spiro atoms. The van der Waals surface area contributed by atoms with Crippen LogP contribution in [-0.2, 0) is 15.0 Å². The molecular weight excluding hydrogens is 256 g/mol. The van der Waals surface area contributed by atoms with Gasteiger partial charge in [-0.2, -0.15) is 17.4 Å². The molecule has 1 aliphatic heterocycles. The highest BCUT2D eigenvalue weighted by molar-refractivity contribution is 7.87. The first-order valence-electron chi connectivity index (χ1n) is 6.31. The highest BCUT2D eigenvalue weighted by Crippen LogP contribution is 2.20. The van der Waals surface area contributed by atoms with E-state index in [0.29, 0.717) is 13.0 Å². The standard InChI is InChI=1S/C11H22N2O4S/c1-4-8(2)10(11(14)15)12-18(16,17)13-7-5-6-9(13)3/h8-10,12H,4-7H2,1-3H3,(H,14,15)/t8-,9?,10-/m0/s1. The summed E-state index contributed by atoms with van der Waals surface area (Å²) in [6.45, 7) is 5.87. The van der Waals surface area contributed by atoms with Gasteiger partial charge in [-0.3, -0.25) is 4.79 Å². The molecule has 0 saturated carbocycles. The summed E-state index contributed by atoms with van der Waals surface area (Å²) in [5.41, 5.74) is 0. The van der Waals surface area contributed by atoms with Crippen LogP contribution in [0.2, 0.25) is 0 Å².